The first-order valence-corrected chi connectivity index (χ1v) is 10.2. The highest BCUT2D eigenvalue weighted by Gasteiger charge is 2.44. The van der Waals surface area contributed by atoms with Crippen LogP contribution in [0.2, 0.25) is 0 Å². The van der Waals surface area contributed by atoms with E-state index in [2.05, 4.69) is 0 Å². The normalized spacial score (nSPS) is 18.2. The molecule has 1 atom stereocenters. The molecular weight excluding hydrogens is 436 g/mol. The SMILES string of the molecule is COC(=O)C1=C2SC(c3ccccc3F)=CC(=O)N2C(N)=C(C#N)C1c1ccccc1F. The summed E-state index contributed by atoms with van der Waals surface area (Å²) in [7, 11) is 1.13. The molecule has 2 aromatic rings. The molecule has 160 valence electrons. The van der Waals surface area contributed by atoms with Crippen LogP contribution in [0.4, 0.5) is 8.78 Å². The van der Waals surface area contributed by atoms with Gasteiger partial charge in [0.05, 0.1) is 30.2 Å². The van der Waals surface area contributed by atoms with E-state index in [0.717, 1.165) is 23.8 Å². The first-order valence-electron chi connectivity index (χ1n) is 9.34. The fourth-order valence-electron chi connectivity index (χ4n) is 3.65. The number of esters is 1. The molecule has 6 nitrogen and oxygen atoms in total. The lowest BCUT2D eigenvalue weighted by Gasteiger charge is -2.37. The van der Waals surface area contributed by atoms with E-state index in [0.29, 0.717) is 0 Å². The number of benzene rings is 2. The van der Waals surface area contributed by atoms with Crippen LogP contribution in [0.3, 0.4) is 0 Å². The van der Waals surface area contributed by atoms with Crippen molar-refractivity contribution in [3.8, 4) is 6.07 Å². The van der Waals surface area contributed by atoms with Crippen LogP contribution in [0, 0.1) is 23.0 Å². The summed E-state index contributed by atoms with van der Waals surface area (Å²) in [6.45, 7) is 0. The summed E-state index contributed by atoms with van der Waals surface area (Å²) in [6, 6.07) is 13.4. The van der Waals surface area contributed by atoms with E-state index in [-0.39, 0.29) is 38.0 Å². The van der Waals surface area contributed by atoms with Crippen LogP contribution in [0.25, 0.3) is 4.91 Å². The van der Waals surface area contributed by atoms with Gasteiger partial charge >= 0.3 is 5.97 Å². The summed E-state index contributed by atoms with van der Waals surface area (Å²) < 4.78 is 34.1. The molecule has 2 aromatic carbocycles. The van der Waals surface area contributed by atoms with Gasteiger partial charge in [-0.3, -0.25) is 9.69 Å². The number of hydrogen-bond donors (Lipinski definition) is 1. The van der Waals surface area contributed by atoms with Crippen LogP contribution in [0.15, 0.2) is 76.6 Å². The molecule has 2 aliphatic heterocycles. The zero-order valence-corrected chi connectivity index (χ0v) is 17.5. The van der Waals surface area contributed by atoms with Crippen molar-refractivity contribution in [1.29, 1.82) is 5.26 Å². The number of allylic oxidation sites excluding steroid dienone is 1. The number of ether oxygens (including phenoxy) is 1. The number of halogens is 2. The second-order valence-corrected chi connectivity index (χ2v) is 7.87. The Balaban J connectivity index is 2.00. The fourth-order valence-corrected chi connectivity index (χ4v) is 4.88. The second-order valence-electron chi connectivity index (χ2n) is 6.84. The van der Waals surface area contributed by atoms with Crippen LogP contribution in [-0.4, -0.2) is 23.9 Å². The van der Waals surface area contributed by atoms with Crippen molar-refractivity contribution >= 4 is 28.5 Å². The Morgan fingerprint density at radius 3 is 2.44 bits per heavy atom. The third-order valence-electron chi connectivity index (χ3n) is 5.09. The number of fused-ring (bicyclic) bond motifs is 1. The molecule has 0 saturated heterocycles. The number of rotatable bonds is 3. The van der Waals surface area contributed by atoms with Gasteiger partial charge in [0.15, 0.2) is 0 Å². The molecule has 0 saturated carbocycles. The highest BCUT2D eigenvalue weighted by Crippen LogP contribution is 2.50. The van der Waals surface area contributed by atoms with Crippen molar-refractivity contribution in [2.45, 2.75) is 5.92 Å². The maximum atomic E-state index is 14.8. The Bertz CT molecular complexity index is 1290. The monoisotopic (exact) mass is 451 g/mol. The van der Waals surface area contributed by atoms with Crippen molar-refractivity contribution in [2.75, 3.05) is 7.11 Å². The highest BCUT2D eigenvalue weighted by atomic mass is 32.2. The molecule has 2 heterocycles. The Hall–Kier alpha value is -3.90. The Morgan fingerprint density at radius 1 is 1.16 bits per heavy atom. The number of amides is 1. The average Bonchev–Trinajstić information content (AvgIpc) is 2.78. The molecule has 4 rings (SSSR count). The van der Waals surface area contributed by atoms with E-state index in [9.17, 15) is 23.6 Å². The van der Waals surface area contributed by atoms with Gasteiger partial charge in [-0.05, 0) is 12.1 Å². The molecule has 0 aliphatic carbocycles. The van der Waals surface area contributed by atoms with Gasteiger partial charge in [0, 0.05) is 22.1 Å². The minimum Gasteiger partial charge on any atom is -0.466 e. The van der Waals surface area contributed by atoms with Gasteiger partial charge in [-0.1, -0.05) is 48.2 Å². The van der Waals surface area contributed by atoms with E-state index >= 15 is 0 Å². The van der Waals surface area contributed by atoms with Gasteiger partial charge < -0.3 is 10.5 Å². The number of methoxy groups -OCH3 is 1. The van der Waals surface area contributed by atoms with Crippen molar-refractivity contribution in [3.63, 3.8) is 0 Å². The third kappa shape index (κ3) is 3.35. The molecule has 0 radical (unpaired) electrons. The molecule has 1 amide bonds. The number of carbonyl (C=O) groups is 2. The molecule has 32 heavy (non-hydrogen) atoms. The summed E-state index contributed by atoms with van der Waals surface area (Å²) in [5.41, 5.74) is 6.04. The van der Waals surface area contributed by atoms with Crippen LogP contribution < -0.4 is 5.73 Å². The summed E-state index contributed by atoms with van der Waals surface area (Å²) in [5, 5.41) is 9.84. The number of nitrogens with two attached hydrogens (primary N) is 1. The quantitative estimate of drug-likeness (QED) is 0.714. The smallest absolute Gasteiger partial charge is 0.337 e. The molecule has 1 unspecified atom stereocenters. The zero-order chi connectivity index (χ0) is 23.0. The van der Waals surface area contributed by atoms with E-state index in [1.54, 1.807) is 12.1 Å². The average molecular weight is 451 g/mol. The van der Waals surface area contributed by atoms with Crippen molar-refractivity contribution in [1.82, 2.24) is 4.90 Å². The Kier molecular flexibility index (Phi) is 5.55. The van der Waals surface area contributed by atoms with E-state index in [1.165, 1.54) is 42.5 Å². The number of nitriles is 1. The van der Waals surface area contributed by atoms with Gasteiger partial charge in [-0.25, -0.2) is 13.6 Å². The van der Waals surface area contributed by atoms with E-state index in [4.69, 9.17) is 10.5 Å². The minimum atomic E-state index is -1.21. The van der Waals surface area contributed by atoms with Gasteiger partial charge in [-0.2, -0.15) is 5.26 Å². The van der Waals surface area contributed by atoms with E-state index in [1.807, 2.05) is 6.07 Å². The Labute approximate surface area is 186 Å². The summed E-state index contributed by atoms with van der Waals surface area (Å²) in [5.74, 6) is -4.20. The van der Waals surface area contributed by atoms with Gasteiger partial charge in [-0.15, -0.1) is 0 Å². The van der Waals surface area contributed by atoms with Crippen molar-refractivity contribution in [2.24, 2.45) is 5.73 Å². The van der Waals surface area contributed by atoms with Crippen molar-refractivity contribution in [3.05, 3.63) is 99.4 Å². The lowest BCUT2D eigenvalue weighted by Crippen LogP contribution is -2.40. The predicted octanol–water partition coefficient (Wildman–Crippen LogP) is 3.76. The lowest BCUT2D eigenvalue weighted by molar-refractivity contribution is -0.136. The first kappa shape index (κ1) is 21.3. The first-order chi connectivity index (χ1) is 15.4. The molecule has 0 spiro atoms. The standard InChI is InChI=1S/C23H15F2N3O3S/c1-31-23(30)20-19(13-7-3-5-9-16(13)25)14(11-26)21(27)28-18(29)10-17(32-22(20)28)12-6-2-4-8-15(12)24/h2-10,19H,27H2,1H3. The van der Waals surface area contributed by atoms with Gasteiger partial charge in [0.25, 0.3) is 5.91 Å². The predicted molar refractivity (Wildman–Crippen MR) is 114 cm³/mol. The molecule has 2 aliphatic rings. The van der Waals surface area contributed by atoms with Gasteiger partial charge in [0.2, 0.25) is 0 Å². The highest BCUT2D eigenvalue weighted by molar-refractivity contribution is 8.11. The molecule has 2 N–H and O–H groups in total. The molecule has 0 aromatic heterocycles. The Morgan fingerprint density at radius 2 is 1.81 bits per heavy atom. The van der Waals surface area contributed by atoms with Crippen LogP contribution in [-0.2, 0) is 14.3 Å². The largest absolute Gasteiger partial charge is 0.466 e. The number of nitrogens with zero attached hydrogens (tertiary/aromatic N) is 2. The second kappa shape index (κ2) is 8.32. The maximum Gasteiger partial charge on any atom is 0.337 e. The summed E-state index contributed by atoms with van der Waals surface area (Å²) >= 11 is 0.918. The molecule has 0 bridgehead atoms. The number of carbonyl (C=O) groups excluding carboxylic acids is 2. The zero-order valence-electron chi connectivity index (χ0n) is 16.6. The molecule has 0 fully saturated rings. The third-order valence-corrected chi connectivity index (χ3v) is 6.24. The molecule has 9 heteroatoms. The summed E-state index contributed by atoms with van der Waals surface area (Å²) in [6.07, 6.45) is 1.17. The van der Waals surface area contributed by atoms with Crippen LogP contribution in [0.5, 0.6) is 0 Å². The van der Waals surface area contributed by atoms with Crippen LogP contribution >= 0.6 is 11.8 Å². The maximum absolute atomic E-state index is 14.8. The van der Waals surface area contributed by atoms with Gasteiger partial charge in [0.1, 0.15) is 22.5 Å². The fraction of sp³-hybridized carbons (Fsp3) is 0.0870. The number of thioether (sulfide) groups is 1. The molecular formula is C23H15F2N3O3S. The minimum absolute atomic E-state index is 0.0228. The lowest BCUT2D eigenvalue weighted by atomic mass is 9.82. The topological polar surface area (TPSA) is 96.4 Å². The van der Waals surface area contributed by atoms with E-state index < -0.39 is 29.4 Å². The number of hydrogen-bond acceptors (Lipinski definition) is 6. The van der Waals surface area contributed by atoms with Crippen molar-refractivity contribution < 1.29 is 23.1 Å². The van der Waals surface area contributed by atoms with Crippen LogP contribution in [0.1, 0.15) is 17.0 Å². The summed E-state index contributed by atoms with van der Waals surface area (Å²) in [4.78, 5) is 27.1.